The van der Waals surface area contributed by atoms with Crippen molar-refractivity contribution in [2.75, 3.05) is 22.5 Å². The highest BCUT2D eigenvalue weighted by atomic mass is 127. The molecule has 0 saturated heterocycles. The molecule has 0 atom stereocenters. The molecule has 6 heteroatoms. The van der Waals surface area contributed by atoms with E-state index in [9.17, 15) is 9.18 Å². The van der Waals surface area contributed by atoms with Gasteiger partial charge in [-0.05, 0) is 40.8 Å². The normalized spacial score (nSPS) is 13.9. The molecule has 0 bridgehead atoms. The van der Waals surface area contributed by atoms with E-state index in [4.69, 9.17) is 5.73 Å². The van der Waals surface area contributed by atoms with Gasteiger partial charge in [-0.1, -0.05) is 12.1 Å². The molecule has 0 spiro atoms. The van der Waals surface area contributed by atoms with Gasteiger partial charge >= 0.3 is 0 Å². The van der Waals surface area contributed by atoms with Gasteiger partial charge in [0.25, 0.3) is 0 Å². The first-order chi connectivity index (χ1) is 9.56. The number of anilines is 4. The minimum atomic E-state index is -0.349. The molecule has 2 aromatic carbocycles. The van der Waals surface area contributed by atoms with E-state index >= 15 is 0 Å². The summed E-state index contributed by atoms with van der Waals surface area (Å²) in [6, 6.07) is 10.3. The van der Waals surface area contributed by atoms with Crippen molar-refractivity contribution in [2.24, 2.45) is 0 Å². The van der Waals surface area contributed by atoms with Crippen molar-refractivity contribution in [3.63, 3.8) is 0 Å². The Morgan fingerprint density at radius 2 is 2.00 bits per heavy atom. The summed E-state index contributed by atoms with van der Waals surface area (Å²) in [5.74, 6) is -0.500. The van der Waals surface area contributed by atoms with Crippen LogP contribution >= 0.6 is 22.6 Å². The number of amides is 1. The van der Waals surface area contributed by atoms with Crippen LogP contribution in [0.25, 0.3) is 0 Å². The molecule has 1 amide bonds. The number of benzene rings is 2. The van der Waals surface area contributed by atoms with E-state index < -0.39 is 0 Å². The standard InChI is InChI=1S/C14H11FIN3O/c15-8-5-13(10(17)6-9(8)16)19-7-14(20)18-11-3-1-2-4-12(11)19/h1-6H,7,17H2,(H,18,20). The molecule has 4 nitrogen and oxygen atoms in total. The Morgan fingerprint density at radius 1 is 1.25 bits per heavy atom. The van der Waals surface area contributed by atoms with Crippen molar-refractivity contribution >= 4 is 51.2 Å². The van der Waals surface area contributed by atoms with Crippen molar-refractivity contribution in [1.82, 2.24) is 0 Å². The molecule has 1 heterocycles. The predicted octanol–water partition coefficient (Wildman–Crippen LogP) is 3.10. The van der Waals surface area contributed by atoms with E-state index in [0.717, 1.165) is 5.69 Å². The lowest BCUT2D eigenvalue weighted by atomic mass is 10.1. The van der Waals surface area contributed by atoms with Crippen LogP contribution in [0.1, 0.15) is 0 Å². The van der Waals surface area contributed by atoms with E-state index in [0.29, 0.717) is 20.6 Å². The fourth-order valence-corrected chi connectivity index (χ4v) is 2.72. The van der Waals surface area contributed by atoms with Crippen molar-refractivity contribution in [1.29, 1.82) is 0 Å². The number of halogens is 2. The smallest absolute Gasteiger partial charge is 0.244 e. The van der Waals surface area contributed by atoms with Gasteiger partial charge in [-0.25, -0.2) is 4.39 Å². The maximum atomic E-state index is 13.8. The number of fused-ring (bicyclic) bond motifs is 1. The molecular formula is C14H11FIN3O. The summed E-state index contributed by atoms with van der Waals surface area (Å²) in [7, 11) is 0. The van der Waals surface area contributed by atoms with Crippen LogP contribution in [0.2, 0.25) is 0 Å². The van der Waals surface area contributed by atoms with Gasteiger partial charge in [0.15, 0.2) is 0 Å². The topological polar surface area (TPSA) is 58.4 Å². The zero-order valence-corrected chi connectivity index (χ0v) is 12.5. The van der Waals surface area contributed by atoms with Crippen LogP contribution in [-0.4, -0.2) is 12.5 Å². The van der Waals surface area contributed by atoms with Crippen LogP contribution in [0, 0.1) is 9.39 Å². The van der Waals surface area contributed by atoms with Gasteiger partial charge in [-0.3, -0.25) is 4.79 Å². The number of carbonyl (C=O) groups excluding carboxylic acids is 1. The molecule has 2 aromatic rings. The van der Waals surface area contributed by atoms with Crippen LogP contribution in [0.4, 0.5) is 27.1 Å². The largest absolute Gasteiger partial charge is 0.397 e. The number of nitrogens with zero attached hydrogens (tertiary/aromatic N) is 1. The second-order valence-electron chi connectivity index (χ2n) is 4.48. The van der Waals surface area contributed by atoms with E-state index in [1.54, 1.807) is 17.0 Å². The average molecular weight is 383 g/mol. The summed E-state index contributed by atoms with van der Waals surface area (Å²) in [5.41, 5.74) is 8.43. The lowest BCUT2D eigenvalue weighted by Gasteiger charge is -2.31. The minimum absolute atomic E-state index is 0.112. The van der Waals surface area contributed by atoms with Gasteiger partial charge in [-0.15, -0.1) is 0 Å². The number of nitrogen functional groups attached to an aromatic ring is 1. The van der Waals surface area contributed by atoms with Crippen molar-refractivity contribution in [3.8, 4) is 0 Å². The molecule has 3 N–H and O–H groups in total. The third-order valence-corrected chi connectivity index (χ3v) is 3.96. The highest BCUT2D eigenvalue weighted by Crippen LogP contribution is 2.38. The van der Waals surface area contributed by atoms with Gasteiger partial charge in [0.2, 0.25) is 5.91 Å². The Labute approximate surface area is 128 Å². The third kappa shape index (κ3) is 2.20. The van der Waals surface area contributed by atoms with Gasteiger partial charge in [0, 0.05) is 6.07 Å². The summed E-state index contributed by atoms with van der Waals surface area (Å²) in [6.45, 7) is 0.112. The zero-order chi connectivity index (χ0) is 14.3. The monoisotopic (exact) mass is 383 g/mol. The van der Waals surface area contributed by atoms with Crippen LogP contribution in [0.3, 0.4) is 0 Å². The Hall–Kier alpha value is -1.83. The number of para-hydroxylation sites is 2. The first-order valence-corrected chi connectivity index (χ1v) is 7.05. The zero-order valence-electron chi connectivity index (χ0n) is 10.4. The molecule has 0 aromatic heterocycles. The van der Waals surface area contributed by atoms with Gasteiger partial charge in [0.05, 0.1) is 26.3 Å². The van der Waals surface area contributed by atoms with Gasteiger partial charge < -0.3 is 16.0 Å². The lowest BCUT2D eigenvalue weighted by molar-refractivity contribution is -0.115. The van der Waals surface area contributed by atoms with Crippen LogP contribution in [0.15, 0.2) is 36.4 Å². The Morgan fingerprint density at radius 3 is 2.80 bits per heavy atom. The molecule has 0 radical (unpaired) electrons. The second kappa shape index (κ2) is 4.93. The number of nitrogens with one attached hydrogen (secondary N) is 1. The van der Waals surface area contributed by atoms with E-state index in [2.05, 4.69) is 5.32 Å². The average Bonchev–Trinajstić information content (AvgIpc) is 2.42. The summed E-state index contributed by atoms with van der Waals surface area (Å²) < 4.78 is 14.3. The Balaban J connectivity index is 2.15. The molecule has 1 aliphatic heterocycles. The van der Waals surface area contributed by atoms with E-state index in [1.165, 1.54) is 6.07 Å². The van der Waals surface area contributed by atoms with Crippen LogP contribution < -0.4 is 16.0 Å². The van der Waals surface area contributed by atoms with Crippen LogP contribution in [-0.2, 0) is 4.79 Å². The highest BCUT2D eigenvalue weighted by molar-refractivity contribution is 14.1. The molecule has 1 aliphatic rings. The summed E-state index contributed by atoms with van der Waals surface area (Å²) >= 11 is 1.89. The maximum Gasteiger partial charge on any atom is 0.244 e. The summed E-state index contributed by atoms with van der Waals surface area (Å²) in [5, 5.41) is 2.79. The van der Waals surface area contributed by atoms with Crippen molar-refractivity contribution < 1.29 is 9.18 Å². The minimum Gasteiger partial charge on any atom is -0.397 e. The summed E-state index contributed by atoms with van der Waals surface area (Å²) in [6.07, 6.45) is 0. The van der Waals surface area contributed by atoms with Gasteiger partial charge in [-0.2, -0.15) is 0 Å². The lowest BCUT2D eigenvalue weighted by Crippen LogP contribution is -2.35. The molecule has 102 valence electrons. The number of nitrogens with two attached hydrogens (primary N) is 1. The first kappa shape index (κ1) is 13.2. The van der Waals surface area contributed by atoms with Gasteiger partial charge in [0.1, 0.15) is 12.4 Å². The molecule has 20 heavy (non-hydrogen) atoms. The fourth-order valence-electron chi connectivity index (χ4n) is 2.23. The molecule has 0 fully saturated rings. The molecule has 0 unspecified atom stereocenters. The molecule has 0 aliphatic carbocycles. The van der Waals surface area contributed by atoms with E-state index in [1.807, 2.05) is 40.8 Å². The number of hydrogen-bond donors (Lipinski definition) is 2. The molecule has 3 rings (SSSR count). The number of carbonyl (C=O) groups is 1. The quantitative estimate of drug-likeness (QED) is 0.588. The first-order valence-electron chi connectivity index (χ1n) is 5.97. The summed E-state index contributed by atoms with van der Waals surface area (Å²) in [4.78, 5) is 13.5. The Kier molecular flexibility index (Phi) is 3.25. The van der Waals surface area contributed by atoms with Crippen LogP contribution in [0.5, 0.6) is 0 Å². The number of rotatable bonds is 1. The van der Waals surface area contributed by atoms with Crippen molar-refractivity contribution in [2.45, 2.75) is 0 Å². The highest BCUT2D eigenvalue weighted by Gasteiger charge is 2.24. The third-order valence-electron chi connectivity index (χ3n) is 3.13. The van der Waals surface area contributed by atoms with E-state index in [-0.39, 0.29) is 18.3 Å². The second-order valence-corrected chi connectivity index (χ2v) is 5.64. The van der Waals surface area contributed by atoms with Crippen molar-refractivity contribution in [3.05, 3.63) is 45.8 Å². The fraction of sp³-hybridized carbons (Fsp3) is 0.0714. The maximum absolute atomic E-state index is 13.8. The SMILES string of the molecule is Nc1cc(I)c(F)cc1N1CC(=O)Nc2ccccc21. The predicted molar refractivity (Wildman–Crippen MR) is 85.6 cm³/mol. The number of hydrogen-bond acceptors (Lipinski definition) is 3. The molecular weight excluding hydrogens is 372 g/mol. The molecule has 0 saturated carbocycles. The Bertz CT molecular complexity index is 705.